The summed E-state index contributed by atoms with van der Waals surface area (Å²) in [6.45, 7) is 1.01. The number of amides is 1. The molecule has 0 aromatic rings. The monoisotopic (exact) mass is 288 g/mol. The number of nitrogens with zero attached hydrogens (tertiary/aromatic N) is 2. The van der Waals surface area contributed by atoms with E-state index < -0.39 is 18.0 Å². The fraction of sp³-hybridized carbons (Fsp3) is 0.857. The van der Waals surface area contributed by atoms with Crippen molar-refractivity contribution in [1.82, 2.24) is 4.90 Å². The second-order valence-electron chi connectivity index (χ2n) is 5.83. The van der Waals surface area contributed by atoms with Crippen LogP contribution in [0.1, 0.15) is 38.5 Å². The van der Waals surface area contributed by atoms with Crippen molar-refractivity contribution in [3.63, 3.8) is 0 Å². The van der Waals surface area contributed by atoms with Crippen LogP contribution < -0.4 is 0 Å². The topological polar surface area (TPSA) is 44.1 Å². The van der Waals surface area contributed by atoms with E-state index in [1.165, 1.54) is 0 Å². The first-order valence-corrected chi connectivity index (χ1v) is 7.17. The summed E-state index contributed by atoms with van der Waals surface area (Å²) in [5, 5.41) is 8.81. The van der Waals surface area contributed by atoms with Crippen LogP contribution in [-0.4, -0.2) is 30.1 Å². The number of halogens is 3. The van der Waals surface area contributed by atoms with Crippen molar-refractivity contribution in [3.05, 3.63) is 0 Å². The quantitative estimate of drug-likeness (QED) is 0.744. The molecule has 1 amide bonds. The fourth-order valence-corrected chi connectivity index (χ4v) is 3.20. The zero-order chi connectivity index (χ0) is 14.8. The van der Waals surface area contributed by atoms with E-state index in [9.17, 15) is 18.0 Å². The zero-order valence-electron chi connectivity index (χ0n) is 11.3. The van der Waals surface area contributed by atoms with Gasteiger partial charge in [0.2, 0.25) is 5.91 Å². The summed E-state index contributed by atoms with van der Waals surface area (Å²) >= 11 is 0. The number of rotatable bonds is 1. The van der Waals surface area contributed by atoms with Crippen LogP contribution in [-0.2, 0) is 4.79 Å². The van der Waals surface area contributed by atoms with Crippen LogP contribution in [0.4, 0.5) is 13.2 Å². The van der Waals surface area contributed by atoms with Crippen LogP contribution in [0, 0.1) is 29.1 Å². The molecule has 0 aromatic heterocycles. The number of hydrogen-bond acceptors (Lipinski definition) is 2. The van der Waals surface area contributed by atoms with E-state index in [-0.39, 0.29) is 24.7 Å². The molecule has 1 saturated carbocycles. The number of carbonyl (C=O) groups excluding carboxylic acids is 1. The molecular weight excluding hydrogens is 269 g/mol. The minimum Gasteiger partial charge on any atom is -0.342 e. The standard InChI is InChI=1S/C14H19F3N2O/c15-14(16,17)12-3-1-2-11(8-12)13(20)19-6-4-10(9-18)5-7-19/h10-12H,1-8H2. The van der Waals surface area contributed by atoms with Gasteiger partial charge in [0.25, 0.3) is 0 Å². The molecule has 1 aliphatic heterocycles. The van der Waals surface area contributed by atoms with Gasteiger partial charge >= 0.3 is 6.18 Å². The summed E-state index contributed by atoms with van der Waals surface area (Å²) in [6, 6.07) is 2.18. The van der Waals surface area contributed by atoms with E-state index in [1.807, 2.05) is 0 Å². The molecule has 1 heterocycles. The van der Waals surface area contributed by atoms with E-state index in [0.717, 1.165) is 0 Å². The largest absolute Gasteiger partial charge is 0.391 e. The molecule has 2 atom stereocenters. The second kappa shape index (κ2) is 6.02. The molecule has 0 spiro atoms. The van der Waals surface area contributed by atoms with Crippen molar-refractivity contribution >= 4 is 5.91 Å². The molecule has 2 fully saturated rings. The molecule has 20 heavy (non-hydrogen) atoms. The van der Waals surface area contributed by atoms with Crippen molar-refractivity contribution in [3.8, 4) is 6.07 Å². The van der Waals surface area contributed by atoms with Gasteiger partial charge in [0.15, 0.2) is 0 Å². The van der Waals surface area contributed by atoms with Gasteiger partial charge in [-0.15, -0.1) is 0 Å². The lowest BCUT2D eigenvalue weighted by Gasteiger charge is -2.35. The Labute approximate surface area is 116 Å². The SMILES string of the molecule is N#CC1CCN(C(=O)C2CCCC(C(F)(F)F)C2)CC1. The first kappa shape index (κ1) is 15.1. The van der Waals surface area contributed by atoms with Gasteiger partial charge in [-0.05, 0) is 32.1 Å². The highest BCUT2D eigenvalue weighted by molar-refractivity contribution is 5.79. The first-order valence-electron chi connectivity index (χ1n) is 7.17. The van der Waals surface area contributed by atoms with E-state index in [0.29, 0.717) is 38.8 Å². The van der Waals surface area contributed by atoms with E-state index in [4.69, 9.17) is 5.26 Å². The number of nitriles is 1. The van der Waals surface area contributed by atoms with Crippen LogP contribution in [0.5, 0.6) is 0 Å². The molecule has 0 radical (unpaired) electrons. The van der Waals surface area contributed by atoms with Gasteiger partial charge in [-0.1, -0.05) is 6.42 Å². The third-order valence-electron chi connectivity index (χ3n) is 4.48. The van der Waals surface area contributed by atoms with Crippen LogP contribution >= 0.6 is 0 Å². The second-order valence-corrected chi connectivity index (χ2v) is 5.83. The van der Waals surface area contributed by atoms with Crippen LogP contribution in [0.2, 0.25) is 0 Å². The minimum absolute atomic E-state index is 0.0201. The van der Waals surface area contributed by atoms with Gasteiger partial charge in [0, 0.05) is 24.9 Å². The normalized spacial score (nSPS) is 29.0. The summed E-state index contributed by atoms with van der Waals surface area (Å²) in [7, 11) is 0. The minimum atomic E-state index is -4.19. The predicted molar refractivity (Wildman–Crippen MR) is 66.4 cm³/mol. The first-order chi connectivity index (χ1) is 9.41. The maximum Gasteiger partial charge on any atom is 0.391 e. The van der Waals surface area contributed by atoms with Crippen molar-refractivity contribution in [1.29, 1.82) is 5.26 Å². The Hall–Kier alpha value is -1.25. The van der Waals surface area contributed by atoms with E-state index in [1.54, 1.807) is 4.90 Å². The van der Waals surface area contributed by atoms with Gasteiger partial charge in [-0.2, -0.15) is 18.4 Å². The smallest absolute Gasteiger partial charge is 0.342 e. The summed E-state index contributed by atoms with van der Waals surface area (Å²) in [4.78, 5) is 13.9. The van der Waals surface area contributed by atoms with Crippen LogP contribution in [0.15, 0.2) is 0 Å². The average Bonchev–Trinajstić information content (AvgIpc) is 2.46. The van der Waals surface area contributed by atoms with Crippen molar-refractivity contribution in [2.24, 2.45) is 17.8 Å². The Balaban J connectivity index is 1.91. The maximum atomic E-state index is 12.8. The molecule has 0 aromatic carbocycles. The summed E-state index contributed by atoms with van der Waals surface area (Å²) < 4.78 is 38.3. The molecule has 3 nitrogen and oxygen atoms in total. The van der Waals surface area contributed by atoms with E-state index >= 15 is 0 Å². The van der Waals surface area contributed by atoms with E-state index in [2.05, 4.69) is 6.07 Å². The number of carbonyl (C=O) groups is 1. The molecule has 2 aliphatic rings. The Morgan fingerprint density at radius 1 is 1.15 bits per heavy atom. The molecule has 6 heteroatoms. The number of hydrogen-bond donors (Lipinski definition) is 0. The molecule has 0 N–H and O–H groups in total. The Bertz CT molecular complexity index is 394. The van der Waals surface area contributed by atoms with Gasteiger partial charge in [0.05, 0.1) is 12.0 Å². The highest BCUT2D eigenvalue weighted by atomic mass is 19.4. The van der Waals surface area contributed by atoms with Gasteiger partial charge in [-0.25, -0.2) is 0 Å². The lowest BCUT2D eigenvalue weighted by molar-refractivity contribution is -0.187. The van der Waals surface area contributed by atoms with Crippen molar-refractivity contribution < 1.29 is 18.0 Å². The number of piperidine rings is 1. The Kier molecular flexibility index (Phi) is 4.56. The molecule has 0 bridgehead atoms. The van der Waals surface area contributed by atoms with Gasteiger partial charge in [-0.3, -0.25) is 4.79 Å². The molecule has 112 valence electrons. The number of alkyl halides is 3. The van der Waals surface area contributed by atoms with Gasteiger partial charge in [0.1, 0.15) is 0 Å². The lowest BCUT2D eigenvalue weighted by Crippen LogP contribution is -2.43. The maximum absolute atomic E-state index is 12.8. The van der Waals surface area contributed by atoms with Crippen molar-refractivity contribution in [2.45, 2.75) is 44.7 Å². The predicted octanol–water partition coefficient (Wildman–Crippen LogP) is 3.12. The summed E-state index contributed by atoms with van der Waals surface area (Å²) in [5.74, 6) is -1.99. The third kappa shape index (κ3) is 3.44. The molecule has 1 aliphatic carbocycles. The average molecular weight is 288 g/mol. The molecule has 1 saturated heterocycles. The molecule has 2 rings (SSSR count). The summed E-state index contributed by atoms with van der Waals surface area (Å²) in [5.41, 5.74) is 0. The molecule has 2 unspecified atom stereocenters. The van der Waals surface area contributed by atoms with Crippen molar-refractivity contribution in [2.75, 3.05) is 13.1 Å². The lowest BCUT2D eigenvalue weighted by atomic mass is 9.80. The van der Waals surface area contributed by atoms with Crippen LogP contribution in [0.25, 0.3) is 0 Å². The highest BCUT2D eigenvalue weighted by Crippen LogP contribution is 2.40. The summed E-state index contributed by atoms with van der Waals surface area (Å²) in [6.07, 6.45) is -1.81. The Morgan fingerprint density at radius 3 is 2.35 bits per heavy atom. The fourth-order valence-electron chi connectivity index (χ4n) is 3.20. The number of likely N-dealkylation sites (tertiary alicyclic amines) is 1. The van der Waals surface area contributed by atoms with Gasteiger partial charge < -0.3 is 4.90 Å². The highest BCUT2D eigenvalue weighted by Gasteiger charge is 2.44. The third-order valence-corrected chi connectivity index (χ3v) is 4.48. The molecular formula is C14H19F3N2O. The van der Waals surface area contributed by atoms with Crippen LogP contribution in [0.3, 0.4) is 0 Å². The Morgan fingerprint density at radius 2 is 1.80 bits per heavy atom. The zero-order valence-corrected chi connectivity index (χ0v) is 11.3.